The van der Waals surface area contributed by atoms with E-state index in [0.29, 0.717) is 36.2 Å². The van der Waals surface area contributed by atoms with Gasteiger partial charge in [-0.1, -0.05) is 41.9 Å². The Kier molecular flexibility index (Phi) is 8.70. The van der Waals surface area contributed by atoms with E-state index in [0.717, 1.165) is 17.7 Å². The molecule has 1 aliphatic heterocycles. The van der Waals surface area contributed by atoms with E-state index in [2.05, 4.69) is 0 Å². The first-order chi connectivity index (χ1) is 18.1. The van der Waals surface area contributed by atoms with Crippen LogP contribution in [-0.4, -0.2) is 50.3 Å². The Morgan fingerprint density at radius 3 is 2.45 bits per heavy atom. The highest BCUT2D eigenvalue weighted by Gasteiger charge is 2.43. The molecule has 0 bridgehead atoms. The monoisotopic (exact) mass is 562 g/mol. The number of amides is 1. The van der Waals surface area contributed by atoms with Gasteiger partial charge in [-0.05, 0) is 60.9 Å². The van der Waals surface area contributed by atoms with Crippen molar-refractivity contribution in [2.24, 2.45) is 5.41 Å². The van der Waals surface area contributed by atoms with E-state index in [1.807, 2.05) is 30.3 Å². The van der Waals surface area contributed by atoms with Gasteiger partial charge in [0.2, 0.25) is 15.9 Å². The molecule has 4 rings (SSSR count). The standard InChI is InChI=1S/C28H29ClF2N2O4S/c1-32(18-21-6-3-2-4-7-21)27(34)17-28(20-37-23-10-8-22(29)9-11-23)14-5-15-33(19-28)38(35,36)24-12-13-25(30)26(31)16-24/h2-4,6-13,16H,5,14-15,17-20H2,1H3. The van der Waals surface area contributed by atoms with Crippen molar-refractivity contribution in [3.8, 4) is 5.75 Å². The fraction of sp³-hybridized carbons (Fsp3) is 0.321. The molecule has 1 amide bonds. The van der Waals surface area contributed by atoms with Gasteiger partial charge in [-0.3, -0.25) is 4.79 Å². The van der Waals surface area contributed by atoms with Gasteiger partial charge in [-0.25, -0.2) is 17.2 Å². The second-order valence-electron chi connectivity index (χ2n) is 9.67. The molecule has 6 nitrogen and oxygen atoms in total. The fourth-order valence-corrected chi connectivity index (χ4v) is 6.37. The van der Waals surface area contributed by atoms with Crippen molar-refractivity contribution in [1.82, 2.24) is 9.21 Å². The molecule has 1 fully saturated rings. The summed E-state index contributed by atoms with van der Waals surface area (Å²) < 4.78 is 61.4. The van der Waals surface area contributed by atoms with E-state index in [1.54, 1.807) is 36.2 Å². The first kappa shape index (κ1) is 28.0. The highest BCUT2D eigenvalue weighted by molar-refractivity contribution is 7.89. The van der Waals surface area contributed by atoms with Gasteiger partial charge in [-0.2, -0.15) is 4.31 Å². The summed E-state index contributed by atoms with van der Waals surface area (Å²) in [5.41, 5.74) is 0.131. The van der Waals surface area contributed by atoms with Crippen LogP contribution in [0, 0.1) is 17.0 Å². The SMILES string of the molecule is CN(Cc1ccccc1)C(=O)CC1(COc2ccc(Cl)cc2)CCCN(S(=O)(=O)c2ccc(F)c(F)c2)C1. The van der Waals surface area contributed by atoms with Gasteiger partial charge in [0, 0.05) is 43.5 Å². The van der Waals surface area contributed by atoms with Crippen molar-refractivity contribution in [1.29, 1.82) is 0 Å². The van der Waals surface area contributed by atoms with Gasteiger partial charge in [0.1, 0.15) is 5.75 Å². The minimum atomic E-state index is -4.14. The normalized spacial score (nSPS) is 18.2. The predicted octanol–water partition coefficient (Wildman–Crippen LogP) is 5.52. The molecule has 0 radical (unpaired) electrons. The average Bonchev–Trinajstić information content (AvgIpc) is 2.90. The second kappa shape index (κ2) is 11.8. The smallest absolute Gasteiger partial charge is 0.243 e. The van der Waals surface area contributed by atoms with Crippen molar-refractivity contribution in [3.05, 3.63) is 95.0 Å². The van der Waals surface area contributed by atoms with Crippen molar-refractivity contribution in [2.45, 2.75) is 30.7 Å². The number of sulfonamides is 1. The Balaban J connectivity index is 1.58. The molecule has 38 heavy (non-hydrogen) atoms. The molecule has 1 aliphatic rings. The Morgan fingerprint density at radius 1 is 1.05 bits per heavy atom. The summed E-state index contributed by atoms with van der Waals surface area (Å²) in [7, 11) is -2.43. The summed E-state index contributed by atoms with van der Waals surface area (Å²) in [4.78, 5) is 14.7. The van der Waals surface area contributed by atoms with E-state index in [-0.39, 0.29) is 36.9 Å². The molecule has 1 atom stereocenters. The molecule has 0 N–H and O–H groups in total. The number of ether oxygens (including phenoxy) is 1. The minimum Gasteiger partial charge on any atom is -0.493 e. The van der Waals surface area contributed by atoms with Gasteiger partial charge in [0.15, 0.2) is 11.6 Å². The average molecular weight is 563 g/mol. The summed E-state index contributed by atoms with van der Waals surface area (Å²) >= 11 is 5.98. The number of rotatable bonds is 9. The van der Waals surface area contributed by atoms with Crippen LogP contribution in [0.4, 0.5) is 8.78 Å². The maximum absolute atomic E-state index is 13.9. The lowest BCUT2D eigenvalue weighted by Crippen LogP contribution is -2.50. The van der Waals surface area contributed by atoms with Crippen LogP contribution in [0.3, 0.4) is 0 Å². The van der Waals surface area contributed by atoms with Crippen LogP contribution in [-0.2, 0) is 21.4 Å². The summed E-state index contributed by atoms with van der Waals surface area (Å²) in [6.07, 6.45) is 1.07. The van der Waals surface area contributed by atoms with E-state index >= 15 is 0 Å². The number of halogens is 3. The summed E-state index contributed by atoms with van der Waals surface area (Å²) in [5, 5.41) is 0.547. The zero-order chi connectivity index (χ0) is 27.3. The number of carbonyl (C=O) groups is 1. The number of carbonyl (C=O) groups excluding carboxylic acids is 1. The molecule has 202 valence electrons. The van der Waals surface area contributed by atoms with E-state index in [4.69, 9.17) is 16.3 Å². The molecule has 1 unspecified atom stereocenters. The zero-order valence-electron chi connectivity index (χ0n) is 20.9. The van der Waals surface area contributed by atoms with Crippen LogP contribution >= 0.6 is 11.6 Å². The van der Waals surface area contributed by atoms with Gasteiger partial charge in [0.05, 0.1) is 11.5 Å². The first-order valence-corrected chi connectivity index (χ1v) is 14.0. The molecule has 0 spiro atoms. The number of benzene rings is 3. The first-order valence-electron chi connectivity index (χ1n) is 12.2. The van der Waals surface area contributed by atoms with Gasteiger partial charge in [0.25, 0.3) is 0 Å². The van der Waals surface area contributed by atoms with Crippen molar-refractivity contribution >= 4 is 27.5 Å². The van der Waals surface area contributed by atoms with Gasteiger partial charge in [-0.15, -0.1) is 0 Å². The predicted molar refractivity (Wildman–Crippen MR) is 141 cm³/mol. The van der Waals surface area contributed by atoms with E-state index < -0.39 is 27.1 Å². The highest BCUT2D eigenvalue weighted by Crippen LogP contribution is 2.37. The summed E-state index contributed by atoms with van der Waals surface area (Å²) in [6.45, 7) is 0.679. The highest BCUT2D eigenvalue weighted by atomic mass is 35.5. The van der Waals surface area contributed by atoms with Crippen LogP contribution in [0.1, 0.15) is 24.8 Å². The van der Waals surface area contributed by atoms with Crippen molar-refractivity contribution < 1.29 is 26.7 Å². The van der Waals surface area contributed by atoms with Gasteiger partial charge < -0.3 is 9.64 Å². The Hall–Kier alpha value is -3.01. The van der Waals surface area contributed by atoms with E-state index in [1.165, 1.54) is 4.31 Å². The van der Waals surface area contributed by atoms with Crippen LogP contribution in [0.5, 0.6) is 5.75 Å². The number of piperidine rings is 1. The molecule has 3 aromatic rings. The summed E-state index contributed by atoms with van der Waals surface area (Å²) in [5.74, 6) is -1.97. The summed E-state index contributed by atoms with van der Waals surface area (Å²) in [6, 6.07) is 18.9. The molecular weight excluding hydrogens is 534 g/mol. The quantitative estimate of drug-likeness (QED) is 0.345. The Morgan fingerprint density at radius 2 is 1.76 bits per heavy atom. The van der Waals surface area contributed by atoms with Crippen LogP contribution in [0.25, 0.3) is 0 Å². The molecule has 10 heteroatoms. The van der Waals surface area contributed by atoms with E-state index in [9.17, 15) is 22.0 Å². The fourth-order valence-electron chi connectivity index (χ4n) is 4.64. The molecule has 1 saturated heterocycles. The topological polar surface area (TPSA) is 66.9 Å². The lowest BCUT2D eigenvalue weighted by Gasteiger charge is -2.42. The maximum Gasteiger partial charge on any atom is 0.243 e. The van der Waals surface area contributed by atoms with Crippen molar-refractivity contribution in [3.63, 3.8) is 0 Å². The van der Waals surface area contributed by atoms with Crippen LogP contribution in [0.15, 0.2) is 77.7 Å². The lowest BCUT2D eigenvalue weighted by atomic mass is 9.78. The number of nitrogens with zero attached hydrogens (tertiary/aromatic N) is 2. The molecule has 3 aromatic carbocycles. The largest absolute Gasteiger partial charge is 0.493 e. The number of hydrogen-bond acceptors (Lipinski definition) is 4. The molecule has 0 aliphatic carbocycles. The lowest BCUT2D eigenvalue weighted by molar-refractivity contribution is -0.134. The minimum absolute atomic E-state index is 0.00711. The third-order valence-corrected chi connectivity index (χ3v) is 8.82. The third kappa shape index (κ3) is 6.70. The zero-order valence-corrected chi connectivity index (χ0v) is 22.5. The van der Waals surface area contributed by atoms with Crippen LogP contribution < -0.4 is 4.74 Å². The molecule has 1 heterocycles. The van der Waals surface area contributed by atoms with Crippen LogP contribution in [0.2, 0.25) is 5.02 Å². The Labute approximate surface area is 226 Å². The molecule has 0 saturated carbocycles. The second-order valence-corrected chi connectivity index (χ2v) is 12.0. The van der Waals surface area contributed by atoms with Gasteiger partial charge >= 0.3 is 0 Å². The van der Waals surface area contributed by atoms with Crippen molar-refractivity contribution in [2.75, 3.05) is 26.7 Å². The Bertz CT molecular complexity index is 1370. The third-order valence-electron chi connectivity index (χ3n) is 6.73. The number of hydrogen-bond donors (Lipinski definition) is 0. The molecule has 0 aromatic heterocycles. The molecular formula is C28H29ClF2N2O4S. The maximum atomic E-state index is 13.9.